The lowest BCUT2D eigenvalue weighted by Gasteiger charge is -2.17. The Morgan fingerprint density at radius 3 is 2.58 bits per heavy atom. The van der Waals surface area contributed by atoms with Crippen LogP contribution in [0.5, 0.6) is 5.75 Å². The molecular weight excluding hydrogens is 302 g/mol. The molecule has 2 aromatic rings. The summed E-state index contributed by atoms with van der Waals surface area (Å²) < 4.78 is 7.01. The van der Waals surface area contributed by atoms with E-state index in [-0.39, 0.29) is 6.04 Å². The van der Waals surface area contributed by atoms with Crippen LogP contribution in [0.25, 0.3) is 0 Å². The molecule has 0 spiro atoms. The second kappa shape index (κ2) is 6.73. The molecule has 1 N–H and O–H groups in total. The molecule has 1 unspecified atom stereocenters. The van der Waals surface area contributed by atoms with E-state index >= 15 is 0 Å². The van der Waals surface area contributed by atoms with Crippen LogP contribution < -0.4 is 10.1 Å². The van der Waals surface area contributed by atoms with Gasteiger partial charge < -0.3 is 10.1 Å². The Morgan fingerprint density at radius 1 is 1.16 bits per heavy atom. The highest BCUT2D eigenvalue weighted by Gasteiger charge is 2.10. The number of hydrogen-bond donors (Lipinski definition) is 1. The van der Waals surface area contributed by atoms with Crippen LogP contribution in [0.2, 0.25) is 0 Å². The zero-order valence-corrected chi connectivity index (χ0v) is 12.8. The third-order valence-electron chi connectivity index (χ3n) is 3.11. The highest BCUT2D eigenvalue weighted by atomic mass is 79.9. The van der Waals surface area contributed by atoms with Crippen LogP contribution in [0.1, 0.15) is 24.1 Å². The average molecular weight is 320 g/mol. The number of halogens is 1. The van der Waals surface area contributed by atoms with Crippen molar-refractivity contribution in [3.8, 4) is 5.75 Å². The number of hydrogen-bond acceptors (Lipinski definition) is 2. The van der Waals surface area contributed by atoms with Gasteiger partial charge in [-0.2, -0.15) is 0 Å². The fourth-order valence-corrected chi connectivity index (χ4v) is 2.26. The highest BCUT2D eigenvalue weighted by molar-refractivity contribution is 9.10. The van der Waals surface area contributed by atoms with Crippen molar-refractivity contribution in [1.82, 2.24) is 5.32 Å². The zero-order chi connectivity index (χ0) is 13.7. The van der Waals surface area contributed by atoms with Crippen molar-refractivity contribution in [1.29, 1.82) is 0 Å². The standard InChI is InChI=1S/C16H18BrNO/c1-12(18-2)15-10-14(17)8-9-16(15)19-11-13-6-4-3-5-7-13/h3-10,12,18H,11H2,1-2H3. The zero-order valence-electron chi connectivity index (χ0n) is 11.2. The monoisotopic (exact) mass is 319 g/mol. The van der Waals surface area contributed by atoms with Gasteiger partial charge in [-0.15, -0.1) is 0 Å². The number of ether oxygens (including phenoxy) is 1. The average Bonchev–Trinajstić information content (AvgIpc) is 2.46. The molecule has 0 fully saturated rings. The predicted molar refractivity (Wildman–Crippen MR) is 82.4 cm³/mol. The van der Waals surface area contributed by atoms with Gasteiger partial charge >= 0.3 is 0 Å². The topological polar surface area (TPSA) is 21.3 Å². The molecule has 2 nitrogen and oxygen atoms in total. The lowest BCUT2D eigenvalue weighted by Crippen LogP contribution is -2.13. The van der Waals surface area contributed by atoms with Crippen LogP contribution in [0.3, 0.4) is 0 Å². The number of rotatable bonds is 5. The summed E-state index contributed by atoms with van der Waals surface area (Å²) in [5, 5.41) is 3.25. The Labute approximate surface area is 122 Å². The van der Waals surface area contributed by atoms with Crippen molar-refractivity contribution in [3.63, 3.8) is 0 Å². The van der Waals surface area contributed by atoms with Gasteiger partial charge in [0, 0.05) is 16.1 Å². The molecular formula is C16H18BrNO. The molecule has 2 rings (SSSR count). The van der Waals surface area contributed by atoms with Crippen molar-refractivity contribution in [3.05, 3.63) is 64.1 Å². The van der Waals surface area contributed by atoms with Crippen LogP contribution in [0.15, 0.2) is 53.0 Å². The first kappa shape index (κ1) is 14.1. The summed E-state index contributed by atoms with van der Waals surface area (Å²) in [6, 6.07) is 16.6. The first-order valence-electron chi connectivity index (χ1n) is 6.34. The summed E-state index contributed by atoms with van der Waals surface area (Å²) >= 11 is 3.51. The molecule has 0 aliphatic rings. The van der Waals surface area contributed by atoms with Gasteiger partial charge in [-0.1, -0.05) is 46.3 Å². The van der Waals surface area contributed by atoms with E-state index in [0.717, 1.165) is 15.8 Å². The maximum Gasteiger partial charge on any atom is 0.124 e. The Hall–Kier alpha value is -1.32. The summed E-state index contributed by atoms with van der Waals surface area (Å²) in [5.74, 6) is 0.925. The first-order chi connectivity index (χ1) is 9.20. The first-order valence-corrected chi connectivity index (χ1v) is 7.13. The molecule has 0 bridgehead atoms. The van der Waals surface area contributed by atoms with E-state index in [9.17, 15) is 0 Å². The molecule has 0 aromatic heterocycles. The van der Waals surface area contributed by atoms with Crippen molar-refractivity contribution >= 4 is 15.9 Å². The third kappa shape index (κ3) is 3.82. The molecule has 0 aliphatic carbocycles. The van der Waals surface area contributed by atoms with E-state index in [1.807, 2.05) is 37.4 Å². The third-order valence-corrected chi connectivity index (χ3v) is 3.60. The van der Waals surface area contributed by atoms with E-state index in [4.69, 9.17) is 4.74 Å². The van der Waals surface area contributed by atoms with E-state index in [1.165, 1.54) is 5.56 Å². The van der Waals surface area contributed by atoms with E-state index in [0.29, 0.717) is 6.61 Å². The molecule has 100 valence electrons. The van der Waals surface area contributed by atoms with Crippen molar-refractivity contribution < 1.29 is 4.74 Å². The van der Waals surface area contributed by atoms with Gasteiger partial charge in [0.1, 0.15) is 12.4 Å². The van der Waals surface area contributed by atoms with Crippen molar-refractivity contribution in [2.24, 2.45) is 0 Å². The SMILES string of the molecule is CNC(C)c1cc(Br)ccc1OCc1ccccc1. The van der Waals surface area contributed by atoms with Gasteiger partial charge in [0.2, 0.25) is 0 Å². The van der Waals surface area contributed by atoms with Crippen LogP contribution >= 0.6 is 15.9 Å². The quantitative estimate of drug-likeness (QED) is 0.886. The molecule has 19 heavy (non-hydrogen) atoms. The van der Waals surface area contributed by atoms with Crippen LogP contribution in [-0.2, 0) is 6.61 Å². The van der Waals surface area contributed by atoms with Crippen molar-refractivity contribution in [2.45, 2.75) is 19.6 Å². The number of benzene rings is 2. The summed E-state index contributed by atoms with van der Waals surface area (Å²) in [4.78, 5) is 0. The minimum Gasteiger partial charge on any atom is -0.489 e. The van der Waals surface area contributed by atoms with Gasteiger partial charge in [0.25, 0.3) is 0 Å². The van der Waals surface area contributed by atoms with Gasteiger partial charge in [-0.3, -0.25) is 0 Å². The molecule has 0 amide bonds. The second-order valence-corrected chi connectivity index (χ2v) is 5.38. The fourth-order valence-electron chi connectivity index (χ4n) is 1.88. The maximum atomic E-state index is 5.94. The lowest BCUT2D eigenvalue weighted by atomic mass is 10.1. The lowest BCUT2D eigenvalue weighted by molar-refractivity contribution is 0.300. The smallest absolute Gasteiger partial charge is 0.124 e. The van der Waals surface area contributed by atoms with E-state index in [2.05, 4.69) is 46.4 Å². The largest absolute Gasteiger partial charge is 0.489 e. The molecule has 3 heteroatoms. The van der Waals surface area contributed by atoms with Gasteiger partial charge in [0.15, 0.2) is 0 Å². The van der Waals surface area contributed by atoms with Crippen LogP contribution in [0.4, 0.5) is 0 Å². The van der Waals surface area contributed by atoms with Gasteiger partial charge in [-0.05, 0) is 37.7 Å². The summed E-state index contributed by atoms with van der Waals surface area (Å²) in [6.07, 6.45) is 0. The molecule has 0 radical (unpaired) electrons. The summed E-state index contributed by atoms with van der Waals surface area (Å²) in [7, 11) is 1.95. The number of nitrogens with one attached hydrogen (secondary N) is 1. The maximum absolute atomic E-state index is 5.94. The molecule has 2 aromatic carbocycles. The Balaban J connectivity index is 2.15. The Bertz CT molecular complexity index is 528. The summed E-state index contributed by atoms with van der Waals surface area (Å²) in [5.41, 5.74) is 2.33. The molecule has 0 aliphatic heterocycles. The van der Waals surface area contributed by atoms with Gasteiger partial charge in [0.05, 0.1) is 0 Å². The second-order valence-electron chi connectivity index (χ2n) is 4.47. The highest BCUT2D eigenvalue weighted by Crippen LogP contribution is 2.29. The van der Waals surface area contributed by atoms with Gasteiger partial charge in [-0.25, -0.2) is 0 Å². The van der Waals surface area contributed by atoms with Crippen LogP contribution in [-0.4, -0.2) is 7.05 Å². The van der Waals surface area contributed by atoms with Crippen LogP contribution in [0, 0.1) is 0 Å². The normalized spacial score (nSPS) is 12.2. The molecule has 0 saturated heterocycles. The molecule has 0 heterocycles. The Kier molecular flexibility index (Phi) is 5.00. The van der Waals surface area contributed by atoms with E-state index < -0.39 is 0 Å². The minimum absolute atomic E-state index is 0.253. The fraction of sp³-hybridized carbons (Fsp3) is 0.250. The minimum atomic E-state index is 0.253. The molecule has 1 atom stereocenters. The Morgan fingerprint density at radius 2 is 1.89 bits per heavy atom. The summed E-state index contributed by atoms with van der Waals surface area (Å²) in [6.45, 7) is 2.71. The van der Waals surface area contributed by atoms with Crippen molar-refractivity contribution in [2.75, 3.05) is 7.05 Å². The predicted octanol–water partition coefficient (Wildman–Crippen LogP) is 4.31. The van der Waals surface area contributed by atoms with E-state index in [1.54, 1.807) is 0 Å². The molecule has 0 saturated carbocycles.